The van der Waals surface area contributed by atoms with Gasteiger partial charge in [0.15, 0.2) is 0 Å². The number of nitrogens with one attached hydrogen (secondary N) is 1. The molecule has 1 heterocycles. The number of carbonyl (C=O) groups is 1. The SMILES string of the molecule is Cc1ccc(C[C@H](CCl)NC(=O)c2ccncc2Br)cc1. The third-order valence-corrected chi connectivity index (χ3v) is 4.15. The molecule has 1 atom stereocenters. The second kappa shape index (κ2) is 7.57. The van der Waals surface area contributed by atoms with Gasteiger partial charge in [0.25, 0.3) is 5.91 Å². The Morgan fingerprint density at radius 2 is 2.05 bits per heavy atom. The number of hydrogen-bond donors (Lipinski definition) is 1. The number of halogens is 2. The first-order valence-corrected chi connectivity index (χ1v) is 7.95. The van der Waals surface area contributed by atoms with Crippen LogP contribution in [-0.4, -0.2) is 22.8 Å². The number of aryl methyl sites for hydroxylation is 1. The number of carbonyl (C=O) groups excluding carboxylic acids is 1. The van der Waals surface area contributed by atoms with E-state index in [9.17, 15) is 4.79 Å². The van der Waals surface area contributed by atoms with Crippen molar-refractivity contribution in [3.05, 3.63) is 63.9 Å². The summed E-state index contributed by atoms with van der Waals surface area (Å²) in [5.74, 6) is 0.213. The summed E-state index contributed by atoms with van der Waals surface area (Å²) >= 11 is 9.31. The van der Waals surface area contributed by atoms with Crippen molar-refractivity contribution in [3.63, 3.8) is 0 Å². The monoisotopic (exact) mass is 366 g/mol. The zero-order valence-corrected chi connectivity index (χ0v) is 14.0. The Kier molecular flexibility index (Phi) is 5.76. The van der Waals surface area contributed by atoms with E-state index >= 15 is 0 Å². The number of pyridine rings is 1. The van der Waals surface area contributed by atoms with Gasteiger partial charge in [-0.3, -0.25) is 9.78 Å². The molecule has 0 radical (unpaired) electrons. The van der Waals surface area contributed by atoms with Crippen LogP contribution in [0.15, 0.2) is 47.2 Å². The Morgan fingerprint density at radius 1 is 1.33 bits per heavy atom. The predicted octanol–water partition coefficient (Wildman–Crippen LogP) is 3.73. The predicted molar refractivity (Wildman–Crippen MR) is 88.8 cm³/mol. The normalized spacial score (nSPS) is 12.0. The molecule has 110 valence electrons. The van der Waals surface area contributed by atoms with E-state index in [1.165, 1.54) is 5.56 Å². The zero-order valence-electron chi connectivity index (χ0n) is 11.6. The van der Waals surface area contributed by atoms with Crippen LogP contribution in [0.4, 0.5) is 0 Å². The van der Waals surface area contributed by atoms with E-state index < -0.39 is 0 Å². The maximum atomic E-state index is 12.3. The molecule has 1 aromatic heterocycles. The fraction of sp³-hybridized carbons (Fsp3) is 0.250. The molecule has 3 nitrogen and oxygen atoms in total. The lowest BCUT2D eigenvalue weighted by atomic mass is 10.1. The molecule has 0 saturated heterocycles. The van der Waals surface area contributed by atoms with Crippen molar-refractivity contribution in [1.29, 1.82) is 0 Å². The van der Waals surface area contributed by atoms with E-state index in [4.69, 9.17) is 11.6 Å². The lowest BCUT2D eigenvalue weighted by Gasteiger charge is -2.17. The third kappa shape index (κ3) is 4.55. The third-order valence-electron chi connectivity index (χ3n) is 3.14. The molecule has 5 heteroatoms. The van der Waals surface area contributed by atoms with Crippen LogP contribution < -0.4 is 5.32 Å². The summed E-state index contributed by atoms with van der Waals surface area (Å²) in [5.41, 5.74) is 2.93. The molecule has 0 aliphatic heterocycles. The van der Waals surface area contributed by atoms with Crippen molar-refractivity contribution < 1.29 is 4.79 Å². The molecule has 0 spiro atoms. The van der Waals surface area contributed by atoms with Crippen molar-refractivity contribution in [2.24, 2.45) is 0 Å². The second-order valence-corrected chi connectivity index (χ2v) is 6.03. The van der Waals surface area contributed by atoms with Gasteiger partial charge in [-0.25, -0.2) is 0 Å². The number of amides is 1. The maximum absolute atomic E-state index is 12.3. The summed E-state index contributed by atoms with van der Waals surface area (Å²) < 4.78 is 0.672. The van der Waals surface area contributed by atoms with Crippen LogP contribution in [0.2, 0.25) is 0 Å². The summed E-state index contributed by atoms with van der Waals surface area (Å²) in [6.07, 6.45) is 3.90. The Bertz CT molecular complexity index is 616. The first kappa shape index (κ1) is 16.0. The summed E-state index contributed by atoms with van der Waals surface area (Å²) in [7, 11) is 0. The topological polar surface area (TPSA) is 42.0 Å². The lowest BCUT2D eigenvalue weighted by Crippen LogP contribution is -2.38. The minimum atomic E-state index is -0.151. The minimum Gasteiger partial charge on any atom is -0.348 e. The molecule has 1 N–H and O–H groups in total. The van der Waals surface area contributed by atoms with Gasteiger partial charge >= 0.3 is 0 Å². The Morgan fingerprint density at radius 3 is 2.67 bits per heavy atom. The van der Waals surface area contributed by atoms with Crippen LogP contribution in [0.5, 0.6) is 0 Å². The zero-order chi connectivity index (χ0) is 15.2. The van der Waals surface area contributed by atoms with Crippen molar-refractivity contribution >= 4 is 33.4 Å². The van der Waals surface area contributed by atoms with Crippen molar-refractivity contribution in [3.8, 4) is 0 Å². The molecule has 0 unspecified atom stereocenters. The Balaban J connectivity index is 2.04. The Labute approximate surface area is 137 Å². The van der Waals surface area contributed by atoms with Crippen molar-refractivity contribution in [2.75, 3.05) is 5.88 Å². The summed E-state index contributed by atoms with van der Waals surface area (Å²) in [6, 6.07) is 9.80. The van der Waals surface area contributed by atoms with Crippen LogP contribution in [0, 0.1) is 6.92 Å². The average Bonchev–Trinajstić information content (AvgIpc) is 2.49. The molecular formula is C16H16BrClN2O. The number of hydrogen-bond acceptors (Lipinski definition) is 2. The van der Waals surface area contributed by atoms with E-state index in [0.29, 0.717) is 22.3 Å². The van der Waals surface area contributed by atoms with E-state index in [1.54, 1.807) is 18.5 Å². The van der Waals surface area contributed by atoms with E-state index in [0.717, 1.165) is 5.56 Å². The quantitative estimate of drug-likeness (QED) is 0.818. The molecule has 0 bridgehead atoms. The van der Waals surface area contributed by atoms with Gasteiger partial charge in [0.1, 0.15) is 0 Å². The van der Waals surface area contributed by atoms with Gasteiger partial charge in [-0.2, -0.15) is 0 Å². The van der Waals surface area contributed by atoms with E-state index in [2.05, 4.69) is 50.5 Å². The molecule has 0 saturated carbocycles. The summed E-state index contributed by atoms with van der Waals surface area (Å²) in [6.45, 7) is 2.05. The molecule has 2 rings (SSSR count). The number of rotatable bonds is 5. The van der Waals surface area contributed by atoms with Crippen LogP contribution in [0.3, 0.4) is 0 Å². The molecule has 1 aromatic carbocycles. The average molecular weight is 368 g/mol. The van der Waals surface area contributed by atoms with Gasteiger partial charge in [0, 0.05) is 28.8 Å². The van der Waals surface area contributed by atoms with E-state index in [1.807, 2.05) is 6.92 Å². The molecule has 2 aromatic rings. The van der Waals surface area contributed by atoms with Gasteiger partial charge in [0.2, 0.25) is 0 Å². The van der Waals surface area contributed by atoms with E-state index in [-0.39, 0.29) is 11.9 Å². The number of benzene rings is 1. The first-order chi connectivity index (χ1) is 10.1. The standard InChI is InChI=1S/C16H16BrClN2O/c1-11-2-4-12(5-3-11)8-13(9-18)20-16(21)14-6-7-19-10-15(14)17/h2-7,10,13H,8-9H2,1H3,(H,20,21)/t13-/m1/s1. The lowest BCUT2D eigenvalue weighted by molar-refractivity contribution is 0.0939. The van der Waals surface area contributed by atoms with Gasteiger partial charge < -0.3 is 5.32 Å². The minimum absolute atomic E-state index is 0.109. The highest BCUT2D eigenvalue weighted by Gasteiger charge is 2.15. The van der Waals surface area contributed by atoms with Crippen LogP contribution >= 0.6 is 27.5 Å². The maximum Gasteiger partial charge on any atom is 0.252 e. The van der Waals surface area contributed by atoms with Gasteiger partial charge in [-0.05, 0) is 40.9 Å². The number of alkyl halides is 1. The Hall–Kier alpha value is -1.39. The van der Waals surface area contributed by atoms with Gasteiger partial charge in [0.05, 0.1) is 5.56 Å². The fourth-order valence-electron chi connectivity index (χ4n) is 1.98. The molecule has 0 aliphatic carbocycles. The molecule has 21 heavy (non-hydrogen) atoms. The fourth-order valence-corrected chi connectivity index (χ4v) is 2.59. The first-order valence-electron chi connectivity index (χ1n) is 6.62. The van der Waals surface area contributed by atoms with Crippen LogP contribution in [0.1, 0.15) is 21.5 Å². The highest BCUT2D eigenvalue weighted by Crippen LogP contribution is 2.15. The smallest absolute Gasteiger partial charge is 0.252 e. The number of aromatic nitrogens is 1. The summed E-state index contributed by atoms with van der Waals surface area (Å²) in [5, 5.41) is 2.96. The van der Waals surface area contributed by atoms with Crippen LogP contribution in [-0.2, 0) is 6.42 Å². The largest absolute Gasteiger partial charge is 0.348 e. The second-order valence-electron chi connectivity index (χ2n) is 4.87. The van der Waals surface area contributed by atoms with Crippen molar-refractivity contribution in [1.82, 2.24) is 10.3 Å². The molecule has 0 fully saturated rings. The molecule has 1 amide bonds. The highest BCUT2D eigenvalue weighted by atomic mass is 79.9. The summed E-state index contributed by atoms with van der Waals surface area (Å²) in [4.78, 5) is 16.2. The number of nitrogens with zero attached hydrogens (tertiary/aromatic N) is 1. The van der Waals surface area contributed by atoms with Crippen LogP contribution in [0.25, 0.3) is 0 Å². The highest BCUT2D eigenvalue weighted by molar-refractivity contribution is 9.10. The van der Waals surface area contributed by atoms with Gasteiger partial charge in [-0.1, -0.05) is 29.8 Å². The van der Waals surface area contributed by atoms with Crippen molar-refractivity contribution in [2.45, 2.75) is 19.4 Å². The molecule has 0 aliphatic rings. The molecular weight excluding hydrogens is 352 g/mol. The van der Waals surface area contributed by atoms with Gasteiger partial charge in [-0.15, -0.1) is 11.6 Å².